The van der Waals surface area contributed by atoms with Crippen molar-refractivity contribution in [2.24, 2.45) is 0 Å². The molecular formula is C19H21FN2OS2. The Bertz CT molecular complexity index is 914. The number of halogens is 1. The first-order valence-corrected chi connectivity index (χ1v) is 10.2. The zero-order chi connectivity index (χ0) is 18.0. The molecule has 3 aromatic rings. The quantitative estimate of drug-likeness (QED) is 0.360. The Kier molecular flexibility index (Phi) is 5.61. The van der Waals surface area contributed by atoms with Crippen LogP contribution in [0.3, 0.4) is 0 Å². The van der Waals surface area contributed by atoms with E-state index < -0.39 is 5.82 Å². The lowest BCUT2D eigenvalue weighted by Gasteiger charge is -2.07. The number of fused-ring (bicyclic) bond motifs is 1. The SMILES string of the molecule is CSNCCCn1c(C)cc2cc(C(=O)c3ccc(C)cc3F)sc21. The highest BCUT2D eigenvalue weighted by Gasteiger charge is 2.19. The van der Waals surface area contributed by atoms with Crippen molar-refractivity contribution in [3.63, 3.8) is 0 Å². The Morgan fingerprint density at radius 1 is 1.28 bits per heavy atom. The monoisotopic (exact) mass is 376 g/mol. The van der Waals surface area contributed by atoms with Crippen LogP contribution in [0.1, 0.15) is 32.9 Å². The van der Waals surface area contributed by atoms with Crippen LogP contribution >= 0.6 is 23.3 Å². The largest absolute Gasteiger partial charge is 0.337 e. The lowest BCUT2D eigenvalue weighted by Crippen LogP contribution is -2.09. The van der Waals surface area contributed by atoms with Gasteiger partial charge >= 0.3 is 0 Å². The van der Waals surface area contributed by atoms with E-state index in [1.54, 1.807) is 24.1 Å². The van der Waals surface area contributed by atoms with E-state index in [4.69, 9.17) is 0 Å². The summed E-state index contributed by atoms with van der Waals surface area (Å²) in [6.07, 6.45) is 3.03. The van der Waals surface area contributed by atoms with Crippen LogP contribution < -0.4 is 4.72 Å². The minimum absolute atomic E-state index is 0.141. The van der Waals surface area contributed by atoms with E-state index in [0.717, 1.165) is 35.3 Å². The van der Waals surface area contributed by atoms with Gasteiger partial charge in [0.25, 0.3) is 0 Å². The van der Waals surface area contributed by atoms with Crippen molar-refractivity contribution in [1.29, 1.82) is 0 Å². The highest BCUT2D eigenvalue weighted by atomic mass is 32.2. The first-order valence-electron chi connectivity index (χ1n) is 8.17. The molecule has 6 heteroatoms. The topological polar surface area (TPSA) is 34.0 Å². The number of hydrogen-bond acceptors (Lipinski definition) is 4. The minimum Gasteiger partial charge on any atom is -0.337 e. The van der Waals surface area contributed by atoms with Crippen LogP contribution in [0, 0.1) is 19.7 Å². The molecule has 0 bridgehead atoms. The molecule has 3 rings (SSSR count). The molecule has 2 heterocycles. The molecule has 0 amide bonds. The summed E-state index contributed by atoms with van der Waals surface area (Å²) in [4.78, 5) is 14.4. The van der Waals surface area contributed by atoms with Gasteiger partial charge in [-0.25, -0.2) is 4.39 Å². The molecule has 2 aromatic heterocycles. The maximum Gasteiger partial charge on any atom is 0.205 e. The molecule has 0 saturated carbocycles. The fraction of sp³-hybridized carbons (Fsp3) is 0.316. The average molecular weight is 377 g/mol. The van der Waals surface area contributed by atoms with Crippen molar-refractivity contribution in [2.45, 2.75) is 26.8 Å². The molecule has 0 unspecified atom stereocenters. The summed E-state index contributed by atoms with van der Waals surface area (Å²) >= 11 is 3.06. The van der Waals surface area contributed by atoms with Crippen LogP contribution in [0.4, 0.5) is 4.39 Å². The van der Waals surface area contributed by atoms with Crippen LogP contribution in [0.2, 0.25) is 0 Å². The number of rotatable bonds is 7. The molecule has 0 atom stereocenters. The van der Waals surface area contributed by atoms with Gasteiger partial charge in [0, 0.05) is 24.2 Å². The van der Waals surface area contributed by atoms with Gasteiger partial charge in [-0.3, -0.25) is 9.52 Å². The first kappa shape index (κ1) is 18.2. The summed E-state index contributed by atoms with van der Waals surface area (Å²) in [5.74, 6) is -0.697. The number of nitrogens with zero attached hydrogens (tertiary/aromatic N) is 1. The van der Waals surface area contributed by atoms with Gasteiger partial charge in [-0.2, -0.15) is 0 Å². The summed E-state index contributed by atoms with van der Waals surface area (Å²) in [7, 11) is 0. The molecule has 0 aliphatic carbocycles. The van der Waals surface area contributed by atoms with E-state index in [9.17, 15) is 9.18 Å². The van der Waals surface area contributed by atoms with Crippen molar-refractivity contribution in [3.8, 4) is 0 Å². The first-order chi connectivity index (χ1) is 12.0. The van der Waals surface area contributed by atoms with Gasteiger partial charge in [0.15, 0.2) is 0 Å². The number of aromatic nitrogens is 1. The molecule has 0 aliphatic rings. The zero-order valence-corrected chi connectivity index (χ0v) is 16.2. The van der Waals surface area contributed by atoms with Gasteiger partial charge in [-0.1, -0.05) is 18.0 Å². The maximum absolute atomic E-state index is 14.1. The van der Waals surface area contributed by atoms with Gasteiger partial charge in [0.2, 0.25) is 5.78 Å². The van der Waals surface area contributed by atoms with E-state index in [1.165, 1.54) is 23.1 Å². The molecule has 3 nitrogen and oxygen atoms in total. The maximum atomic E-state index is 14.1. The Labute approximate surface area is 155 Å². The third kappa shape index (κ3) is 3.81. The van der Waals surface area contributed by atoms with Crippen molar-refractivity contribution in [2.75, 3.05) is 12.8 Å². The van der Waals surface area contributed by atoms with Gasteiger partial charge in [0.1, 0.15) is 10.6 Å². The number of benzene rings is 1. The lowest BCUT2D eigenvalue weighted by molar-refractivity contribution is 0.103. The van der Waals surface area contributed by atoms with E-state index in [-0.39, 0.29) is 11.3 Å². The molecule has 1 aromatic carbocycles. The summed E-state index contributed by atoms with van der Waals surface area (Å²) in [5, 5.41) is 1.05. The van der Waals surface area contributed by atoms with E-state index >= 15 is 0 Å². The second-order valence-electron chi connectivity index (χ2n) is 6.07. The number of nitrogens with one attached hydrogen (secondary N) is 1. The van der Waals surface area contributed by atoms with Gasteiger partial charge in [-0.15, -0.1) is 11.3 Å². The molecule has 132 valence electrons. The predicted molar refractivity (Wildman–Crippen MR) is 105 cm³/mol. The van der Waals surface area contributed by atoms with E-state index in [2.05, 4.69) is 22.3 Å². The molecule has 25 heavy (non-hydrogen) atoms. The molecule has 0 saturated heterocycles. The number of aryl methyl sites for hydroxylation is 3. The van der Waals surface area contributed by atoms with Crippen molar-refractivity contribution < 1.29 is 9.18 Å². The summed E-state index contributed by atoms with van der Waals surface area (Å²) in [6.45, 7) is 5.73. The van der Waals surface area contributed by atoms with Crippen molar-refractivity contribution >= 4 is 39.3 Å². The lowest BCUT2D eigenvalue weighted by atomic mass is 10.1. The van der Waals surface area contributed by atoms with Crippen LogP contribution in [0.15, 0.2) is 30.3 Å². The summed E-state index contributed by atoms with van der Waals surface area (Å²) in [6, 6.07) is 8.72. The second-order valence-corrected chi connectivity index (χ2v) is 7.80. The Morgan fingerprint density at radius 3 is 2.80 bits per heavy atom. The highest BCUT2D eigenvalue weighted by Crippen LogP contribution is 2.31. The number of thiophene rings is 1. The minimum atomic E-state index is -0.453. The Morgan fingerprint density at radius 2 is 2.08 bits per heavy atom. The summed E-state index contributed by atoms with van der Waals surface area (Å²) < 4.78 is 19.6. The van der Waals surface area contributed by atoms with Crippen molar-refractivity contribution in [1.82, 2.24) is 9.29 Å². The summed E-state index contributed by atoms with van der Waals surface area (Å²) in [5.41, 5.74) is 2.14. The number of ketones is 1. The molecule has 0 radical (unpaired) electrons. The highest BCUT2D eigenvalue weighted by molar-refractivity contribution is 7.96. The average Bonchev–Trinajstić information content (AvgIpc) is 3.09. The zero-order valence-electron chi connectivity index (χ0n) is 14.6. The Balaban J connectivity index is 1.88. The van der Waals surface area contributed by atoms with Gasteiger partial charge in [0.05, 0.1) is 10.4 Å². The number of carbonyl (C=O) groups is 1. The predicted octanol–water partition coefficient (Wildman–Crippen LogP) is 4.95. The van der Waals surface area contributed by atoms with Crippen LogP contribution in [-0.4, -0.2) is 23.2 Å². The Hall–Kier alpha value is -1.63. The fourth-order valence-corrected chi connectivity index (χ4v) is 4.44. The second kappa shape index (κ2) is 7.72. The molecule has 0 spiro atoms. The van der Waals surface area contributed by atoms with Crippen molar-refractivity contribution in [3.05, 3.63) is 57.8 Å². The third-order valence-electron chi connectivity index (χ3n) is 4.17. The van der Waals surface area contributed by atoms with Crippen LogP contribution in [0.5, 0.6) is 0 Å². The number of hydrogen-bond donors (Lipinski definition) is 1. The van der Waals surface area contributed by atoms with Crippen LogP contribution in [-0.2, 0) is 6.54 Å². The van der Waals surface area contributed by atoms with Gasteiger partial charge < -0.3 is 4.57 Å². The standard InChI is InChI=1S/C19H21FN2OS2/c1-12-5-6-15(16(20)9-12)18(23)17-11-14-10-13(2)22(19(14)25-17)8-4-7-21-24-3/h5-6,9-11,21H,4,7-8H2,1-3H3. The molecule has 0 aliphatic heterocycles. The molecular weight excluding hydrogens is 355 g/mol. The third-order valence-corrected chi connectivity index (χ3v) is 5.84. The van der Waals surface area contributed by atoms with Gasteiger partial charge in [-0.05, 0) is 56.4 Å². The normalized spacial score (nSPS) is 11.4. The number of carbonyl (C=O) groups excluding carboxylic acids is 1. The van der Waals surface area contributed by atoms with E-state index in [1.807, 2.05) is 19.2 Å². The fourth-order valence-electron chi connectivity index (χ4n) is 2.91. The smallest absolute Gasteiger partial charge is 0.205 e. The van der Waals surface area contributed by atoms with Crippen LogP contribution in [0.25, 0.3) is 10.2 Å². The molecule has 1 N–H and O–H groups in total. The molecule has 0 fully saturated rings. The van der Waals surface area contributed by atoms with E-state index in [0.29, 0.717) is 4.88 Å².